The van der Waals surface area contributed by atoms with Crippen molar-refractivity contribution in [2.75, 3.05) is 21.3 Å². The first-order chi connectivity index (χ1) is 13.5. The van der Waals surface area contributed by atoms with E-state index < -0.39 is 14.8 Å². The molecule has 1 atom stereocenters. The number of rotatable bonds is 21. The number of aliphatic carboxylic acids is 1. The van der Waals surface area contributed by atoms with Crippen LogP contribution in [0.5, 0.6) is 0 Å². The second-order valence-electron chi connectivity index (χ2n) is 7.90. The fraction of sp³-hybridized carbons (Fsp3) is 0.955. The first-order valence-corrected chi connectivity index (χ1v) is 13.4. The molecule has 0 saturated heterocycles. The van der Waals surface area contributed by atoms with Crippen molar-refractivity contribution < 1.29 is 23.2 Å². The summed E-state index contributed by atoms with van der Waals surface area (Å²) in [6.07, 6.45) is 17.8. The second-order valence-corrected chi connectivity index (χ2v) is 11.0. The predicted octanol–water partition coefficient (Wildman–Crippen LogP) is 6.44. The number of carbonyl (C=O) groups is 1. The predicted molar refractivity (Wildman–Crippen MR) is 118 cm³/mol. The number of hydrogen-bond acceptors (Lipinski definition) is 4. The number of carboxylic acid groups (broad SMARTS) is 1. The van der Waals surface area contributed by atoms with E-state index in [-0.39, 0.29) is 5.92 Å². The SMILES string of the molecule is CCCCCCCCCCCCCCC(CCC[Si](OC)(OC)OC)C(=O)O. The second kappa shape index (κ2) is 18.6. The Balaban J connectivity index is 3.73. The fourth-order valence-electron chi connectivity index (χ4n) is 3.74. The molecule has 0 aromatic heterocycles. The Morgan fingerprint density at radius 3 is 1.50 bits per heavy atom. The molecule has 6 heteroatoms. The molecule has 0 saturated carbocycles. The lowest BCUT2D eigenvalue weighted by Gasteiger charge is -2.24. The number of hydrogen-bond donors (Lipinski definition) is 1. The van der Waals surface area contributed by atoms with Crippen molar-refractivity contribution in [3.63, 3.8) is 0 Å². The summed E-state index contributed by atoms with van der Waals surface area (Å²) in [6.45, 7) is 2.26. The third kappa shape index (κ3) is 13.7. The Morgan fingerprint density at radius 2 is 1.11 bits per heavy atom. The van der Waals surface area contributed by atoms with Gasteiger partial charge in [0.25, 0.3) is 0 Å². The van der Waals surface area contributed by atoms with Crippen molar-refractivity contribution in [2.45, 2.75) is 109 Å². The summed E-state index contributed by atoms with van der Waals surface area (Å²) in [6, 6.07) is 0.665. The lowest BCUT2D eigenvalue weighted by Crippen LogP contribution is -2.42. The summed E-state index contributed by atoms with van der Waals surface area (Å²) in [5, 5.41) is 9.47. The Labute approximate surface area is 174 Å². The van der Waals surface area contributed by atoms with E-state index in [1.165, 1.54) is 64.2 Å². The molecule has 0 rings (SSSR count). The van der Waals surface area contributed by atoms with Gasteiger partial charge >= 0.3 is 14.8 Å². The quantitative estimate of drug-likeness (QED) is 0.172. The summed E-state index contributed by atoms with van der Waals surface area (Å²) in [5.41, 5.74) is 0. The van der Waals surface area contributed by atoms with E-state index in [1.807, 2.05) is 0 Å². The van der Waals surface area contributed by atoms with Gasteiger partial charge in [-0.05, 0) is 19.3 Å². The zero-order chi connectivity index (χ0) is 21.1. The van der Waals surface area contributed by atoms with E-state index in [4.69, 9.17) is 13.3 Å². The number of unbranched alkanes of at least 4 members (excludes halogenated alkanes) is 11. The van der Waals surface area contributed by atoms with E-state index in [1.54, 1.807) is 21.3 Å². The normalized spacial score (nSPS) is 13.0. The topological polar surface area (TPSA) is 65.0 Å². The molecule has 0 bridgehead atoms. The molecule has 0 spiro atoms. The summed E-state index contributed by atoms with van der Waals surface area (Å²) in [4.78, 5) is 11.5. The highest BCUT2D eigenvalue weighted by Gasteiger charge is 2.37. The van der Waals surface area contributed by atoms with Crippen LogP contribution in [0.4, 0.5) is 0 Å². The third-order valence-electron chi connectivity index (χ3n) is 5.72. The molecule has 0 amide bonds. The van der Waals surface area contributed by atoms with E-state index >= 15 is 0 Å². The summed E-state index contributed by atoms with van der Waals surface area (Å²) >= 11 is 0. The van der Waals surface area contributed by atoms with E-state index in [9.17, 15) is 9.90 Å². The van der Waals surface area contributed by atoms with Crippen LogP contribution in [0.2, 0.25) is 6.04 Å². The third-order valence-corrected chi connectivity index (χ3v) is 8.56. The van der Waals surface area contributed by atoms with Crippen molar-refractivity contribution >= 4 is 14.8 Å². The van der Waals surface area contributed by atoms with Crippen LogP contribution in [0.3, 0.4) is 0 Å². The van der Waals surface area contributed by atoms with E-state index in [2.05, 4.69) is 6.92 Å². The van der Waals surface area contributed by atoms with Crippen LogP contribution in [0.1, 0.15) is 103 Å². The molecule has 0 aliphatic carbocycles. The molecule has 0 aliphatic rings. The average molecular weight is 419 g/mol. The fourth-order valence-corrected chi connectivity index (χ4v) is 5.49. The standard InChI is InChI=1S/C22H46O5Si/c1-5-6-7-8-9-10-11-12-13-14-15-16-18-21(22(23)24)19-17-20-28(25-2,26-3)27-4/h21H,5-20H2,1-4H3,(H,23,24). The van der Waals surface area contributed by atoms with Gasteiger partial charge in [0, 0.05) is 27.4 Å². The van der Waals surface area contributed by atoms with Gasteiger partial charge < -0.3 is 18.4 Å². The van der Waals surface area contributed by atoms with Crippen LogP contribution in [0.25, 0.3) is 0 Å². The highest BCUT2D eigenvalue weighted by atomic mass is 28.4. The molecule has 0 radical (unpaired) electrons. The Kier molecular flexibility index (Phi) is 18.3. The first-order valence-electron chi connectivity index (χ1n) is 11.4. The van der Waals surface area contributed by atoms with Gasteiger partial charge in [0.15, 0.2) is 0 Å². The minimum absolute atomic E-state index is 0.264. The molecule has 5 nitrogen and oxygen atoms in total. The van der Waals surface area contributed by atoms with Crippen LogP contribution in [-0.2, 0) is 18.1 Å². The Morgan fingerprint density at radius 1 is 0.714 bits per heavy atom. The maximum Gasteiger partial charge on any atom is 0.500 e. The maximum absolute atomic E-state index is 11.5. The van der Waals surface area contributed by atoms with Crippen molar-refractivity contribution in [3.05, 3.63) is 0 Å². The van der Waals surface area contributed by atoms with Crippen LogP contribution in [0, 0.1) is 5.92 Å². The monoisotopic (exact) mass is 418 g/mol. The molecule has 0 fully saturated rings. The van der Waals surface area contributed by atoms with Crippen LogP contribution < -0.4 is 0 Å². The van der Waals surface area contributed by atoms with Crippen molar-refractivity contribution in [1.82, 2.24) is 0 Å². The van der Waals surface area contributed by atoms with Gasteiger partial charge in [-0.2, -0.15) is 0 Å². The molecule has 0 heterocycles. The molecule has 1 unspecified atom stereocenters. The highest BCUT2D eigenvalue weighted by Crippen LogP contribution is 2.22. The highest BCUT2D eigenvalue weighted by molar-refractivity contribution is 6.60. The maximum atomic E-state index is 11.5. The smallest absolute Gasteiger partial charge is 0.481 e. The van der Waals surface area contributed by atoms with E-state index in [0.29, 0.717) is 12.5 Å². The summed E-state index contributed by atoms with van der Waals surface area (Å²) in [7, 11) is 2.21. The van der Waals surface area contributed by atoms with Gasteiger partial charge in [-0.1, -0.05) is 84.0 Å². The minimum Gasteiger partial charge on any atom is -0.481 e. The summed E-state index contributed by atoms with van der Waals surface area (Å²) in [5.74, 6) is -0.942. The zero-order valence-electron chi connectivity index (χ0n) is 19.0. The zero-order valence-corrected chi connectivity index (χ0v) is 20.0. The first kappa shape index (κ1) is 27.6. The average Bonchev–Trinajstić information content (AvgIpc) is 2.70. The molecular weight excluding hydrogens is 372 g/mol. The molecule has 0 aliphatic heterocycles. The summed E-state index contributed by atoms with van der Waals surface area (Å²) < 4.78 is 16.2. The molecule has 0 aromatic rings. The van der Waals surface area contributed by atoms with Crippen LogP contribution in [0.15, 0.2) is 0 Å². The molecule has 28 heavy (non-hydrogen) atoms. The molecule has 168 valence electrons. The van der Waals surface area contributed by atoms with Gasteiger partial charge in [-0.3, -0.25) is 4.79 Å². The van der Waals surface area contributed by atoms with E-state index in [0.717, 1.165) is 25.7 Å². The Bertz CT molecular complexity index is 353. The lowest BCUT2D eigenvalue weighted by atomic mass is 9.96. The Hall–Kier alpha value is -0.433. The lowest BCUT2D eigenvalue weighted by molar-refractivity contribution is -0.142. The van der Waals surface area contributed by atoms with Crippen molar-refractivity contribution in [1.29, 1.82) is 0 Å². The van der Waals surface area contributed by atoms with Gasteiger partial charge in [0.1, 0.15) is 0 Å². The van der Waals surface area contributed by atoms with Gasteiger partial charge in [0.05, 0.1) is 5.92 Å². The molecule has 1 N–H and O–H groups in total. The van der Waals surface area contributed by atoms with Crippen LogP contribution in [-0.4, -0.2) is 41.2 Å². The van der Waals surface area contributed by atoms with Gasteiger partial charge in [0.2, 0.25) is 0 Å². The number of carboxylic acids is 1. The molecule has 0 aromatic carbocycles. The van der Waals surface area contributed by atoms with Crippen LogP contribution >= 0.6 is 0 Å². The largest absolute Gasteiger partial charge is 0.500 e. The minimum atomic E-state index is -2.58. The van der Waals surface area contributed by atoms with Gasteiger partial charge in [-0.15, -0.1) is 0 Å². The molecular formula is C22H46O5Si. The van der Waals surface area contributed by atoms with Gasteiger partial charge in [-0.25, -0.2) is 0 Å². The van der Waals surface area contributed by atoms with Crippen molar-refractivity contribution in [3.8, 4) is 0 Å². The van der Waals surface area contributed by atoms with Crippen molar-refractivity contribution in [2.24, 2.45) is 5.92 Å².